The number of alkyl halides is 10. The van der Waals surface area contributed by atoms with Crippen LogP contribution in [0.4, 0.5) is 48.6 Å². The summed E-state index contributed by atoms with van der Waals surface area (Å²) in [6.45, 7) is -0.514. The zero-order valence-electron chi connectivity index (χ0n) is 18.3. The summed E-state index contributed by atoms with van der Waals surface area (Å²) in [6, 6.07) is 0. The smallest absolute Gasteiger partial charge is 0.361 e. The first kappa shape index (κ1) is 42.1. The normalized spacial score (nSPS) is 13.5. The van der Waals surface area contributed by atoms with Crippen molar-refractivity contribution in [2.75, 3.05) is 49.8 Å². The molecule has 0 saturated carbocycles. The van der Waals surface area contributed by atoms with Gasteiger partial charge in [0.15, 0.2) is 0 Å². The van der Waals surface area contributed by atoms with Gasteiger partial charge in [-0.25, -0.2) is 4.39 Å². The maximum absolute atomic E-state index is 11.5. The number of aliphatic hydroxyl groups is 1. The number of hydrogen-bond donors (Lipinski definition) is 1. The lowest BCUT2D eigenvalue weighted by Crippen LogP contribution is -2.32. The fourth-order valence-electron chi connectivity index (χ4n) is 0.919. The molecule has 0 saturated heterocycles. The van der Waals surface area contributed by atoms with E-state index in [0.29, 0.717) is 7.11 Å². The molecule has 0 aliphatic rings. The summed E-state index contributed by atoms with van der Waals surface area (Å²) < 4.78 is 140. The van der Waals surface area contributed by atoms with Crippen LogP contribution in [0.15, 0.2) is 0 Å². The number of methoxy groups -OCH3 is 7. The predicted octanol–water partition coefficient (Wildman–Crippen LogP) is 3.53. The molecule has 0 aromatic heterocycles. The molecular formula is C14H27F11O8. The first-order valence-corrected chi connectivity index (χ1v) is 7.55. The van der Waals surface area contributed by atoms with Crippen LogP contribution in [-0.4, -0.2) is 98.8 Å². The first-order chi connectivity index (χ1) is 14.3. The van der Waals surface area contributed by atoms with Gasteiger partial charge in [-0.1, -0.05) is 0 Å². The molecule has 8 nitrogen and oxygen atoms in total. The molecule has 0 spiro atoms. The van der Waals surface area contributed by atoms with Gasteiger partial charge in [-0.3, -0.25) is 4.70 Å². The van der Waals surface area contributed by atoms with E-state index in [-0.39, 0.29) is 4.70 Å². The molecule has 1 N–H and O–H groups in total. The molecule has 208 valence electrons. The van der Waals surface area contributed by atoms with E-state index < -0.39 is 43.9 Å². The van der Waals surface area contributed by atoms with Crippen molar-refractivity contribution in [3.8, 4) is 0 Å². The van der Waals surface area contributed by atoms with Crippen molar-refractivity contribution in [1.29, 1.82) is 0 Å². The van der Waals surface area contributed by atoms with Gasteiger partial charge in [0.05, 0.1) is 0 Å². The van der Waals surface area contributed by atoms with Crippen LogP contribution in [-0.2, 0) is 33.2 Å². The summed E-state index contributed by atoms with van der Waals surface area (Å²) in [6.07, 6.45) is -21.9. The van der Waals surface area contributed by atoms with Crippen LogP contribution < -0.4 is 0 Å². The van der Waals surface area contributed by atoms with Gasteiger partial charge in [0.25, 0.3) is 25.4 Å². The third-order valence-corrected chi connectivity index (χ3v) is 2.24. The Balaban J connectivity index is -0.000000105. The van der Waals surface area contributed by atoms with E-state index in [1.54, 1.807) is 0 Å². The highest BCUT2D eigenvalue weighted by Gasteiger charge is 2.41. The topological polar surface area (TPSA) is 84.8 Å². The second kappa shape index (κ2) is 21.4. The van der Waals surface area contributed by atoms with Crippen molar-refractivity contribution < 1.29 is 86.9 Å². The third kappa shape index (κ3) is 27.0. The van der Waals surface area contributed by atoms with Gasteiger partial charge in [0.2, 0.25) is 0 Å². The molecule has 0 bridgehead atoms. The third-order valence-electron chi connectivity index (χ3n) is 2.24. The molecule has 0 aliphatic heterocycles. The van der Waals surface area contributed by atoms with Gasteiger partial charge in [0.1, 0.15) is 0 Å². The van der Waals surface area contributed by atoms with Gasteiger partial charge in [-0.05, 0) is 0 Å². The van der Waals surface area contributed by atoms with Gasteiger partial charge in [0, 0.05) is 49.8 Å². The Morgan fingerprint density at radius 1 is 0.515 bits per heavy atom. The summed E-state index contributed by atoms with van der Waals surface area (Å²) in [5.41, 5.74) is 0. The molecule has 2 atom stereocenters. The monoisotopic (exact) mass is 532 g/mol. The van der Waals surface area contributed by atoms with Crippen molar-refractivity contribution in [2.45, 2.75) is 43.9 Å². The van der Waals surface area contributed by atoms with Crippen LogP contribution in [0.5, 0.6) is 0 Å². The lowest BCUT2D eigenvalue weighted by molar-refractivity contribution is -0.294. The lowest BCUT2D eigenvalue weighted by atomic mass is 10.6. The van der Waals surface area contributed by atoms with Gasteiger partial charge in [-0.15, -0.1) is 0 Å². The molecule has 19 heteroatoms. The highest BCUT2D eigenvalue weighted by Crippen LogP contribution is 2.23. The quantitative estimate of drug-likeness (QED) is 0.394. The average Bonchev–Trinajstić information content (AvgIpc) is 2.68. The zero-order valence-corrected chi connectivity index (χ0v) is 18.3. The Bertz CT molecular complexity index is 375. The number of hydrogen-bond acceptors (Lipinski definition) is 8. The van der Waals surface area contributed by atoms with E-state index in [9.17, 15) is 43.9 Å². The highest BCUT2D eigenvalue weighted by molar-refractivity contribution is 4.53. The van der Waals surface area contributed by atoms with Crippen LogP contribution >= 0.6 is 0 Å². The molecule has 0 amide bonds. The van der Waals surface area contributed by atoms with Crippen molar-refractivity contribution in [2.24, 2.45) is 0 Å². The summed E-state index contributed by atoms with van der Waals surface area (Å²) in [7, 11) is 7.83. The van der Waals surface area contributed by atoms with E-state index in [1.807, 2.05) is 0 Å². The van der Waals surface area contributed by atoms with Crippen LogP contribution in [0, 0.1) is 0 Å². The first-order valence-electron chi connectivity index (χ1n) is 7.55. The molecular weight excluding hydrogens is 505 g/mol. The van der Waals surface area contributed by atoms with E-state index in [4.69, 9.17) is 5.11 Å². The largest absolute Gasteiger partial charge is 0.445 e. The second-order valence-electron chi connectivity index (χ2n) is 4.56. The van der Waals surface area contributed by atoms with E-state index >= 15 is 0 Å². The summed E-state index contributed by atoms with van der Waals surface area (Å²) in [5, 5.41) is 7.85. The Hall–Kier alpha value is -1.09. The molecule has 2 unspecified atom stereocenters. The predicted molar refractivity (Wildman–Crippen MR) is 88.2 cm³/mol. The van der Waals surface area contributed by atoms with Gasteiger partial charge in [-0.2, -0.15) is 39.5 Å². The Labute approximate surface area is 181 Å². The Kier molecular flexibility index (Phi) is 27.4. The fourth-order valence-corrected chi connectivity index (χ4v) is 0.919. The molecule has 0 aromatic rings. The number of ether oxygens (including phenoxy) is 7. The fraction of sp³-hybridized carbons (Fsp3) is 1.00. The van der Waals surface area contributed by atoms with E-state index in [1.165, 1.54) is 21.3 Å². The number of halogens is 11. The second-order valence-corrected chi connectivity index (χ2v) is 4.56. The molecule has 0 aliphatic carbocycles. The summed E-state index contributed by atoms with van der Waals surface area (Å²) in [4.78, 5) is 0. The molecule has 0 radical (unpaired) electrons. The number of aliphatic hydroxyl groups excluding tert-OH is 1. The van der Waals surface area contributed by atoms with Crippen LogP contribution in [0.3, 0.4) is 0 Å². The molecule has 0 aromatic carbocycles. The summed E-state index contributed by atoms with van der Waals surface area (Å²) >= 11 is 0. The lowest BCUT2D eigenvalue weighted by Gasteiger charge is -2.15. The Morgan fingerprint density at radius 2 is 0.848 bits per heavy atom. The maximum Gasteiger partial charge on any atom is 0.445 e. The van der Waals surface area contributed by atoms with Gasteiger partial charge < -0.3 is 38.3 Å². The molecule has 0 fully saturated rings. The number of rotatable bonds is 7. The highest BCUT2D eigenvalue weighted by atomic mass is 19.4. The molecule has 33 heavy (non-hydrogen) atoms. The maximum atomic E-state index is 11.5. The van der Waals surface area contributed by atoms with Crippen molar-refractivity contribution in [3.05, 3.63) is 0 Å². The zero-order chi connectivity index (χ0) is 26.8. The van der Waals surface area contributed by atoms with Crippen LogP contribution in [0.1, 0.15) is 0 Å². The summed E-state index contributed by atoms with van der Waals surface area (Å²) in [5.74, 6) is 0. The van der Waals surface area contributed by atoms with Crippen molar-refractivity contribution in [3.63, 3.8) is 0 Å². The van der Waals surface area contributed by atoms with Crippen LogP contribution in [0.2, 0.25) is 0 Å². The van der Waals surface area contributed by atoms with E-state index in [2.05, 4.69) is 33.2 Å². The van der Waals surface area contributed by atoms with Gasteiger partial charge >= 0.3 is 18.5 Å². The van der Waals surface area contributed by atoms with Crippen molar-refractivity contribution in [1.82, 2.24) is 0 Å². The van der Waals surface area contributed by atoms with Crippen molar-refractivity contribution >= 4 is 0 Å². The SMILES string of the molecule is COC(F)C(F)(F)F.COC(O)C(F)(F)F.COC(OC)C(F)(F)F.COC(OC)OC.F. The standard InChI is InChI=1S/C4H7F3O2.C4H10O3.C3H4F4O.C3H5F3O2.FH/c1-8-3(9-2)4(5,6)7;1-5-4(6-2)7-3;1-8-2(4)3(5,6)7;1-8-2(7)3(4,5)6;/h3H,1-2H3;4H,1-3H3;2H,1H3;2,7H,1H3;1H. The minimum absolute atomic E-state index is 0. The average molecular weight is 532 g/mol. The molecule has 0 heterocycles. The Morgan fingerprint density at radius 3 is 0.848 bits per heavy atom. The van der Waals surface area contributed by atoms with Crippen LogP contribution in [0.25, 0.3) is 0 Å². The molecule has 0 rings (SSSR count). The van der Waals surface area contributed by atoms with E-state index in [0.717, 1.165) is 21.3 Å². The minimum atomic E-state index is -4.88. The minimum Gasteiger partial charge on any atom is -0.361 e.